The highest BCUT2D eigenvalue weighted by Gasteiger charge is 2.11. The minimum Gasteiger partial charge on any atom is -0.491 e. The predicted octanol–water partition coefficient (Wildman–Crippen LogP) is 2.29. The summed E-state index contributed by atoms with van der Waals surface area (Å²) in [7, 11) is 0. The molecule has 0 aliphatic rings. The molecule has 0 unspecified atom stereocenters. The van der Waals surface area contributed by atoms with Crippen molar-refractivity contribution in [1.82, 2.24) is 14.8 Å². The fourth-order valence-corrected chi connectivity index (χ4v) is 2.22. The van der Waals surface area contributed by atoms with E-state index in [4.69, 9.17) is 4.74 Å². The van der Waals surface area contributed by atoms with Crippen LogP contribution in [0.1, 0.15) is 0 Å². The van der Waals surface area contributed by atoms with Crippen molar-refractivity contribution in [3.05, 3.63) is 71.0 Å². The number of aromatic nitrogens is 3. The van der Waals surface area contributed by atoms with Crippen LogP contribution in [0.2, 0.25) is 0 Å². The Balaban J connectivity index is 1.58. The van der Waals surface area contributed by atoms with Gasteiger partial charge in [0.05, 0.1) is 11.5 Å². The van der Waals surface area contributed by atoms with Crippen molar-refractivity contribution in [1.29, 1.82) is 0 Å². The number of aliphatic hydroxyl groups is 1. The number of benzene rings is 2. The van der Waals surface area contributed by atoms with Crippen molar-refractivity contribution in [3.63, 3.8) is 0 Å². The van der Waals surface area contributed by atoms with E-state index in [1.165, 1.54) is 23.1 Å². The zero-order valence-corrected chi connectivity index (χ0v) is 13.2. The molecule has 25 heavy (non-hydrogen) atoms. The van der Waals surface area contributed by atoms with Crippen LogP contribution in [0.5, 0.6) is 5.75 Å². The molecule has 3 aromatic rings. The molecule has 2 aromatic carbocycles. The molecule has 0 aliphatic carbocycles. The third-order valence-corrected chi connectivity index (χ3v) is 3.46. The van der Waals surface area contributed by atoms with Crippen LogP contribution in [0.4, 0.5) is 5.69 Å². The maximum atomic E-state index is 10.7. The Hall–Kier alpha value is -3.26. The number of hydrogen-bond acceptors (Lipinski definition) is 6. The number of non-ortho nitro benzene ring substituents is 1. The molecule has 0 saturated heterocycles. The highest BCUT2D eigenvalue weighted by Crippen LogP contribution is 2.19. The summed E-state index contributed by atoms with van der Waals surface area (Å²) < 4.78 is 7.00. The smallest absolute Gasteiger partial charge is 0.269 e. The van der Waals surface area contributed by atoms with Gasteiger partial charge in [0.15, 0.2) is 5.82 Å². The normalized spacial score (nSPS) is 11.9. The summed E-state index contributed by atoms with van der Waals surface area (Å²) in [6.45, 7) is 0.365. The van der Waals surface area contributed by atoms with E-state index in [1.54, 1.807) is 12.1 Å². The number of hydrogen-bond donors (Lipinski definition) is 1. The second-order valence-electron chi connectivity index (χ2n) is 5.37. The molecule has 1 atom stereocenters. The number of nitro groups is 1. The van der Waals surface area contributed by atoms with E-state index < -0.39 is 11.0 Å². The fourth-order valence-electron chi connectivity index (χ4n) is 2.22. The second kappa shape index (κ2) is 7.54. The highest BCUT2D eigenvalue weighted by atomic mass is 16.6. The van der Waals surface area contributed by atoms with Crippen LogP contribution in [0.3, 0.4) is 0 Å². The van der Waals surface area contributed by atoms with E-state index in [0.29, 0.717) is 17.1 Å². The lowest BCUT2D eigenvalue weighted by Gasteiger charge is -2.11. The molecule has 0 radical (unpaired) electrons. The van der Waals surface area contributed by atoms with E-state index in [-0.39, 0.29) is 18.8 Å². The summed E-state index contributed by atoms with van der Waals surface area (Å²) in [4.78, 5) is 14.4. The summed E-state index contributed by atoms with van der Waals surface area (Å²) >= 11 is 0. The van der Waals surface area contributed by atoms with Crippen molar-refractivity contribution in [3.8, 4) is 17.1 Å². The molecule has 3 rings (SSSR count). The Morgan fingerprint density at radius 3 is 2.56 bits per heavy atom. The van der Waals surface area contributed by atoms with Gasteiger partial charge in [0, 0.05) is 17.7 Å². The molecule has 0 bridgehead atoms. The van der Waals surface area contributed by atoms with E-state index in [2.05, 4.69) is 10.1 Å². The van der Waals surface area contributed by atoms with Crippen LogP contribution in [0, 0.1) is 10.1 Å². The minimum atomic E-state index is -0.744. The van der Waals surface area contributed by atoms with E-state index in [0.717, 1.165) is 0 Å². The first-order valence-corrected chi connectivity index (χ1v) is 7.62. The standard InChI is InChI=1S/C17H16N4O4/c22-15(11-25-16-4-2-1-3-5-16)10-20-12-18-17(19-20)13-6-8-14(9-7-13)21(23)24/h1-9,12,15,22H,10-11H2/t15-/m1/s1. The summed E-state index contributed by atoms with van der Waals surface area (Å²) in [5.74, 6) is 1.12. The molecule has 0 spiro atoms. The Labute approximate surface area is 143 Å². The van der Waals surface area contributed by atoms with Gasteiger partial charge in [0.2, 0.25) is 0 Å². The Morgan fingerprint density at radius 2 is 1.88 bits per heavy atom. The number of rotatable bonds is 7. The molecule has 1 aromatic heterocycles. The summed E-state index contributed by atoms with van der Waals surface area (Å²) in [5, 5.41) is 25.0. The molecular weight excluding hydrogens is 324 g/mol. The van der Waals surface area contributed by atoms with Crippen LogP contribution in [0.25, 0.3) is 11.4 Å². The summed E-state index contributed by atoms with van der Waals surface area (Å²) in [6, 6.07) is 15.2. The molecule has 1 heterocycles. The molecule has 0 aliphatic heterocycles. The number of nitro benzene ring substituents is 1. The summed E-state index contributed by atoms with van der Waals surface area (Å²) in [6.07, 6.45) is 0.759. The van der Waals surface area contributed by atoms with Crippen molar-refractivity contribution in [2.24, 2.45) is 0 Å². The first-order valence-electron chi connectivity index (χ1n) is 7.62. The Kier molecular flexibility index (Phi) is 5.00. The predicted molar refractivity (Wildman–Crippen MR) is 90.1 cm³/mol. The summed E-state index contributed by atoms with van der Waals surface area (Å²) in [5.41, 5.74) is 0.677. The SMILES string of the molecule is O=[N+]([O-])c1ccc(-c2ncn(C[C@@H](O)COc3ccccc3)n2)cc1. The first kappa shape index (κ1) is 16.6. The fraction of sp³-hybridized carbons (Fsp3) is 0.176. The van der Waals surface area contributed by atoms with E-state index >= 15 is 0 Å². The van der Waals surface area contributed by atoms with Crippen molar-refractivity contribution in [2.75, 3.05) is 6.61 Å². The Morgan fingerprint density at radius 1 is 1.16 bits per heavy atom. The van der Waals surface area contributed by atoms with Crippen molar-refractivity contribution >= 4 is 5.69 Å². The largest absolute Gasteiger partial charge is 0.491 e. The number of para-hydroxylation sites is 1. The lowest BCUT2D eigenvalue weighted by Crippen LogP contribution is -2.23. The zero-order chi connectivity index (χ0) is 17.6. The lowest BCUT2D eigenvalue weighted by molar-refractivity contribution is -0.384. The molecular formula is C17H16N4O4. The third kappa shape index (κ3) is 4.39. The van der Waals surface area contributed by atoms with Gasteiger partial charge in [-0.05, 0) is 24.3 Å². The average molecular weight is 340 g/mol. The maximum Gasteiger partial charge on any atom is 0.269 e. The zero-order valence-electron chi connectivity index (χ0n) is 13.2. The van der Waals surface area contributed by atoms with Crippen LogP contribution < -0.4 is 4.74 Å². The topological polar surface area (TPSA) is 103 Å². The van der Waals surface area contributed by atoms with Gasteiger partial charge in [0.25, 0.3) is 5.69 Å². The number of ether oxygens (including phenoxy) is 1. The molecule has 0 saturated carbocycles. The first-order chi connectivity index (χ1) is 12.1. The van der Waals surface area contributed by atoms with Gasteiger partial charge in [0.1, 0.15) is 24.8 Å². The van der Waals surface area contributed by atoms with Gasteiger partial charge >= 0.3 is 0 Å². The quantitative estimate of drug-likeness (QED) is 0.523. The molecule has 128 valence electrons. The third-order valence-electron chi connectivity index (χ3n) is 3.46. The van der Waals surface area contributed by atoms with Gasteiger partial charge in [-0.25, -0.2) is 9.67 Å². The molecule has 8 heteroatoms. The van der Waals surface area contributed by atoms with Crippen LogP contribution in [-0.4, -0.2) is 37.5 Å². The van der Waals surface area contributed by atoms with Gasteiger partial charge in [-0.2, -0.15) is 5.10 Å². The second-order valence-corrected chi connectivity index (χ2v) is 5.37. The van der Waals surface area contributed by atoms with Gasteiger partial charge in [-0.3, -0.25) is 10.1 Å². The van der Waals surface area contributed by atoms with Crippen LogP contribution in [0.15, 0.2) is 60.9 Å². The van der Waals surface area contributed by atoms with Gasteiger partial charge < -0.3 is 9.84 Å². The molecule has 0 fully saturated rings. The monoisotopic (exact) mass is 340 g/mol. The minimum absolute atomic E-state index is 0.0108. The van der Waals surface area contributed by atoms with Gasteiger partial charge in [-0.15, -0.1) is 0 Å². The van der Waals surface area contributed by atoms with E-state index in [1.807, 2.05) is 30.3 Å². The maximum absolute atomic E-state index is 10.7. The van der Waals surface area contributed by atoms with Crippen molar-refractivity contribution < 1.29 is 14.8 Å². The average Bonchev–Trinajstić information content (AvgIpc) is 3.09. The van der Waals surface area contributed by atoms with Crippen LogP contribution in [-0.2, 0) is 6.54 Å². The number of nitrogens with zero attached hydrogens (tertiary/aromatic N) is 4. The molecule has 8 nitrogen and oxygen atoms in total. The van der Waals surface area contributed by atoms with Crippen LogP contribution >= 0.6 is 0 Å². The van der Waals surface area contributed by atoms with Crippen molar-refractivity contribution in [2.45, 2.75) is 12.6 Å². The van der Waals surface area contributed by atoms with Gasteiger partial charge in [-0.1, -0.05) is 18.2 Å². The molecule has 1 N–H and O–H groups in total. The lowest BCUT2D eigenvalue weighted by atomic mass is 10.2. The Bertz CT molecular complexity index is 833. The highest BCUT2D eigenvalue weighted by molar-refractivity contribution is 5.56. The molecule has 0 amide bonds. The van der Waals surface area contributed by atoms with E-state index in [9.17, 15) is 15.2 Å². The number of aliphatic hydroxyl groups excluding tert-OH is 1.